The highest BCUT2D eigenvalue weighted by Gasteiger charge is 2.20. The summed E-state index contributed by atoms with van der Waals surface area (Å²) in [5.74, 6) is 0.613. The summed E-state index contributed by atoms with van der Waals surface area (Å²) in [7, 11) is 1.58. The van der Waals surface area contributed by atoms with Gasteiger partial charge < -0.3 is 14.3 Å². The molecule has 154 valence electrons. The van der Waals surface area contributed by atoms with Crippen LogP contribution in [-0.2, 0) is 7.05 Å². The molecule has 0 atom stereocenters. The van der Waals surface area contributed by atoms with E-state index in [2.05, 4.69) is 4.98 Å². The molecular weight excluding hydrogens is 392 g/mol. The second-order valence-corrected chi connectivity index (χ2v) is 7.12. The van der Waals surface area contributed by atoms with E-state index < -0.39 is 12.1 Å². The average molecular weight is 411 g/mol. The molecule has 3 aromatic heterocycles. The second kappa shape index (κ2) is 7.29. The first-order valence-electron chi connectivity index (χ1n) is 9.23. The molecule has 0 saturated carbocycles. The van der Waals surface area contributed by atoms with Crippen LogP contribution in [0.3, 0.4) is 0 Å². The number of benzene rings is 1. The monoisotopic (exact) mass is 411 g/mol. The molecule has 0 aliphatic heterocycles. The molecule has 0 spiro atoms. The third-order valence-electron chi connectivity index (χ3n) is 5.06. The quantitative estimate of drug-likeness (QED) is 0.538. The Labute approximate surface area is 170 Å². The Morgan fingerprint density at radius 1 is 1.03 bits per heavy atom. The molecule has 0 radical (unpaired) electrons. The van der Waals surface area contributed by atoms with Crippen molar-refractivity contribution in [3.8, 4) is 22.6 Å². The first-order valence-corrected chi connectivity index (χ1v) is 9.23. The lowest BCUT2D eigenvalue weighted by Gasteiger charge is -2.17. The number of hydrogen-bond acceptors (Lipinski definition) is 3. The number of aromatic nitrogens is 3. The van der Waals surface area contributed by atoms with Crippen LogP contribution in [0.2, 0.25) is 0 Å². The van der Waals surface area contributed by atoms with Gasteiger partial charge >= 0.3 is 6.55 Å². The smallest absolute Gasteiger partial charge is 0.321 e. The molecule has 0 amide bonds. The highest BCUT2D eigenvalue weighted by Crippen LogP contribution is 2.37. The summed E-state index contributed by atoms with van der Waals surface area (Å²) in [5.41, 5.74) is 1.73. The number of halogens is 2. The Hall–Kier alpha value is -3.68. The van der Waals surface area contributed by atoms with E-state index in [1.54, 1.807) is 25.5 Å². The first kappa shape index (κ1) is 19.6. The van der Waals surface area contributed by atoms with E-state index in [1.165, 1.54) is 4.57 Å². The summed E-state index contributed by atoms with van der Waals surface area (Å²) in [4.78, 5) is 27.6. The topological polar surface area (TPSA) is 69.0 Å². The molecule has 3 heterocycles. The van der Waals surface area contributed by atoms with Crippen LogP contribution in [0.1, 0.15) is 17.7 Å². The highest BCUT2D eigenvalue weighted by atomic mass is 19.3. The van der Waals surface area contributed by atoms with Gasteiger partial charge in [-0.05, 0) is 31.0 Å². The Balaban J connectivity index is 2.02. The van der Waals surface area contributed by atoms with Crippen LogP contribution in [0.15, 0.2) is 58.5 Å². The van der Waals surface area contributed by atoms with Gasteiger partial charge in [0.05, 0.1) is 6.20 Å². The zero-order chi connectivity index (χ0) is 21.6. The lowest BCUT2D eigenvalue weighted by Crippen LogP contribution is -2.21. The van der Waals surface area contributed by atoms with E-state index in [1.807, 2.05) is 32.0 Å². The number of hydrogen-bond donors (Lipinski definition) is 1. The average Bonchev–Trinajstić information content (AvgIpc) is 3.18. The summed E-state index contributed by atoms with van der Waals surface area (Å²) >= 11 is 0. The van der Waals surface area contributed by atoms with E-state index in [-0.39, 0.29) is 11.3 Å². The number of ether oxygens (including phenoxy) is 1. The van der Waals surface area contributed by atoms with Gasteiger partial charge in [-0.25, -0.2) is 0 Å². The zero-order valence-corrected chi connectivity index (χ0v) is 16.6. The maximum absolute atomic E-state index is 13.4. The Morgan fingerprint density at radius 2 is 1.73 bits per heavy atom. The number of H-pyrrole nitrogens is 1. The van der Waals surface area contributed by atoms with Crippen LogP contribution in [0.25, 0.3) is 22.0 Å². The van der Waals surface area contributed by atoms with Gasteiger partial charge in [0, 0.05) is 42.0 Å². The summed E-state index contributed by atoms with van der Waals surface area (Å²) < 4.78 is 34.6. The highest BCUT2D eigenvalue weighted by molar-refractivity contribution is 5.95. The molecule has 0 fully saturated rings. The van der Waals surface area contributed by atoms with Crippen molar-refractivity contribution in [3.63, 3.8) is 0 Å². The maximum Gasteiger partial charge on any atom is 0.321 e. The number of pyridine rings is 2. The summed E-state index contributed by atoms with van der Waals surface area (Å²) in [6.07, 6.45) is 4.19. The fraction of sp³-hybridized carbons (Fsp3) is 0.182. The minimum absolute atomic E-state index is 0.0912. The summed E-state index contributed by atoms with van der Waals surface area (Å²) in [6.45, 7) is 0.683. The number of nitrogens with zero attached hydrogens (tertiary/aromatic N) is 2. The number of aromatic amines is 1. The summed E-state index contributed by atoms with van der Waals surface area (Å²) in [5, 5.41) is 0.568. The third-order valence-corrected chi connectivity index (χ3v) is 5.06. The van der Waals surface area contributed by atoms with Crippen LogP contribution in [0.4, 0.5) is 8.78 Å². The molecule has 4 rings (SSSR count). The van der Waals surface area contributed by atoms with E-state index in [0.29, 0.717) is 32.3 Å². The fourth-order valence-electron chi connectivity index (χ4n) is 3.53. The van der Waals surface area contributed by atoms with Gasteiger partial charge in [-0.1, -0.05) is 18.2 Å². The van der Waals surface area contributed by atoms with Crippen LogP contribution in [0, 0.1) is 13.8 Å². The van der Waals surface area contributed by atoms with Crippen LogP contribution in [0.5, 0.6) is 11.5 Å². The minimum atomic E-state index is -3.01. The van der Waals surface area contributed by atoms with E-state index >= 15 is 0 Å². The van der Waals surface area contributed by atoms with Gasteiger partial charge in [0.15, 0.2) is 5.75 Å². The fourth-order valence-corrected chi connectivity index (χ4v) is 3.53. The van der Waals surface area contributed by atoms with Crippen molar-refractivity contribution < 1.29 is 13.5 Å². The van der Waals surface area contributed by atoms with Gasteiger partial charge in [0.25, 0.3) is 11.1 Å². The zero-order valence-electron chi connectivity index (χ0n) is 16.6. The molecule has 0 aliphatic carbocycles. The van der Waals surface area contributed by atoms with Crippen molar-refractivity contribution in [2.45, 2.75) is 20.4 Å². The first-order chi connectivity index (χ1) is 14.3. The van der Waals surface area contributed by atoms with Crippen molar-refractivity contribution in [1.29, 1.82) is 0 Å². The lowest BCUT2D eigenvalue weighted by atomic mass is 10.0. The SMILES string of the molecule is Cc1cccc(C)c1Oc1cn(C(F)F)c(=O)cc1-c1cn(C)c(=O)c2[nH]ccc12. The maximum atomic E-state index is 13.4. The molecule has 0 saturated heterocycles. The molecule has 1 N–H and O–H groups in total. The van der Waals surface area contributed by atoms with E-state index in [9.17, 15) is 18.4 Å². The van der Waals surface area contributed by atoms with Crippen molar-refractivity contribution in [2.75, 3.05) is 0 Å². The largest absolute Gasteiger partial charge is 0.455 e. The van der Waals surface area contributed by atoms with E-state index in [4.69, 9.17) is 4.74 Å². The molecule has 0 bridgehead atoms. The van der Waals surface area contributed by atoms with Crippen LogP contribution < -0.4 is 15.9 Å². The van der Waals surface area contributed by atoms with Gasteiger partial charge in [0.1, 0.15) is 11.3 Å². The van der Waals surface area contributed by atoms with Crippen LogP contribution >= 0.6 is 0 Å². The van der Waals surface area contributed by atoms with Crippen molar-refractivity contribution in [2.24, 2.45) is 7.05 Å². The Morgan fingerprint density at radius 3 is 2.40 bits per heavy atom. The number of fused-ring (bicyclic) bond motifs is 1. The Bertz CT molecular complexity index is 1360. The molecular formula is C22H19F2N3O3. The number of aryl methyl sites for hydroxylation is 3. The van der Waals surface area contributed by atoms with Gasteiger partial charge in [0.2, 0.25) is 0 Å². The minimum Gasteiger partial charge on any atom is -0.455 e. The van der Waals surface area contributed by atoms with Crippen molar-refractivity contribution >= 4 is 10.9 Å². The number of para-hydroxylation sites is 1. The number of alkyl halides is 2. The molecule has 30 heavy (non-hydrogen) atoms. The normalized spacial score (nSPS) is 11.4. The molecule has 0 aliphatic rings. The second-order valence-electron chi connectivity index (χ2n) is 7.12. The predicted octanol–water partition coefficient (Wildman–Crippen LogP) is 4.50. The summed E-state index contributed by atoms with van der Waals surface area (Å²) in [6, 6.07) is 8.38. The molecule has 8 heteroatoms. The number of nitrogens with one attached hydrogen (secondary N) is 1. The standard InChI is InChI=1S/C22H19F2N3O3/c1-12-5-4-6-13(2)20(12)30-17-11-27(22(23)24)18(28)9-15(17)16-10-26(3)21(29)19-14(16)7-8-25-19/h4-11,22,25H,1-3H3. The van der Waals surface area contributed by atoms with Gasteiger partial charge in [-0.15, -0.1) is 0 Å². The molecule has 0 unspecified atom stereocenters. The Kier molecular flexibility index (Phi) is 4.77. The lowest BCUT2D eigenvalue weighted by molar-refractivity contribution is 0.0657. The van der Waals surface area contributed by atoms with Crippen molar-refractivity contribution in [3.05, 3.63) is 80.8 Å². The number of rotatable bonds is 4. The molecule has 1 aromatic carbocycles. The molecule has 6 nitrogen and oxygen atoms in total. The third kappa shape index (κ3) is 3.20. The van der Waals surface area contributed by atoms with Gasteiger partial charge in [-0.3, -0.25) is 14.2 Å². The van der Waals surface area contributed by atoms with Crippen LogP contribution in [-0.4, -0.2) is 14.1 Å². The predicted molar refractivity (Wildman–Crippen MR) is 110 cm³/mol. The van der Waals surface area contributed by atoms with Crippen molar-refractivity contribution in [1.82, 2.24) is 14.1 Å². The van der Waals surface area contributed by atoms with Gasteiger partial charge in [-0.2, -0.15) is 8.78 Å². The van der Waals surface area contributed by atoms with E-state index in [0.717, 1.165) is 23.4 Å². The molecule has 4 aromatic rings.